The molecular weight excluding hydrogens is 324 g/mol. The van der Waals surface area contributed by atoms with Crippen molar-refractivity contribution in [3.8, 4) is 0 Å². The molecule has 0 fully saturated rings. The number of methoxy groups -OCH3 is 2. The second kappa shape index (κ2) is 7.43. The minimum absolute atomic E-state index is 0.116. The largest absolute Gasteiger partial charge is 0.469 e. The Balaban J connectivity index is 2.40. The zero-order valence-corrected chi connectivity index (χ0v) is 13.5. The third-order valence-corrected chi connectivity index (χ3v) is 3.99. The lowest BCUT2D eigenvalue weighted by Crippen LogP contribution is -2.23. The normalized spacial score (nSPS) is 12.2. The molecule has 0 spiro atoms. The summed E-state index contributed by atoms with van der Waals surface area (Å²) in [7, 11) is 2.51. The molecule has 1 aromatic heterocycles. The van der Waals surface area contributed by atoms with Gasteiger partial charge in [0.2, 0.25) is 0 Å². The van der Waals surface area contributed by atoms with Gasteiger partial charge in [-0.1, -0.05) is 11.6 Å². The van der Waals surface area contributed by atoms with Crippen LogP contribution in [0, 0.1) is 5.92 Å². The van der Waals surface area contributed by atoms with Crippen LogP contribution in [-0.2, 0) is 32.1 Å². The van der Waals surface area contributed by atoms with Crippen LogP contribution < -0.4 is 0 Å². The van der Waals surface area contributed by atoms with Gasteiger partial charge in [0.25, 0.3) is 0 Å². The first kappa shape index (κ1) is 17.2. The lowest BCUT2D eigenvalue weighted by Gasteiger charge is -2.16. The number of carbonyl (C=O) groups excluding carboxylic acids is 2. The van der Waals surface area contributed by atoms with Crippen LogP contribution in [0.3, 0.4) is 0 Å². The maximum absolute atomic E-state index is 11.9. The van der Waals surface area contributed by atoms with E-state index >= 15 is 0 Å². The Hall–Kier alpha value is -2.12. The highest BCUT2D eigenvalue weighted by molar-refractivity contribution is 6.35. The number of halogens is 1. The number of aliphatic hydroxyl groups is 1. The Morgan fingerprint density at radius 1 is 1.39 bits per heavy atom. The maximum Gasteiger partial charge on any atom is 0.309 e. The molecule has 23 heavy (non-hydrogen) atoms. The number of carbonyl (C=O) groups is 2. The lowest BCUT2D eigenvalue weighted by atomic mass is 9.92. The number of nitrogens with zero attached hydrogens (tertiary/aromatic N) is 1. The summed E-state index contributed by atoms with van der Waals surface area (Å²) >= 11 is 6.20. The molecule has 2 aromatic rings. The summed E-state index contributed by atoms with van der Waals surface area (Å²) in [5.74, 6) is -1.76. The fourth-order valence-electron chi connectivity index (χ4n) is 2.51. The molecule has 1 aromatic carbocycles. The van der Waals surface area contributed by atoms with Crippen LogP contribution in [-0.4, -0.2) is 41.5 Å². The predicted molar refractivity (Wildman–Crippen MR) is 82.9 cm³/mol. The summed E-state index contributed by atoms with van der Waals surface area (Å²) in [6, 6.07) is 1.65. The van der Waals surface area contributed by atoms with Crippen molar-refractivity contribution in [2.45, 2.75) is 19.4 Å². The molecule has 124 valence electrons. The van der Waals surface area contributed by atoms with Crippen LogP contribution in [0.15, 0.2) is 12.3 Å². The van der Waals surface area contributed by atoms with E-state index in [0.717, 1.165) is 0 Å². The fourth-order valence-corrected chi connectivity index (χ4v) is 2.78. The van der Waals surface area contributed by atoms with E-state index in [2.05, 4.69) is 14.9 Å². The first-order valence-corrected chi connectivity index (χ1v) is 7.28. The average Bonchev–Trinajstić information content (AvgIpc) is 3.03. The molecule has 1 heterocycles. The average molecular weight is 341 g/mol. The van der Waals surface area contributed by atoms with Gasteiger partial charge in [0.05, 0.1) is 49.9 Å². The molecule has 0 radical (unpaired) electrons. The predicted octanol–water partition coefficient (Wildman–Crippen LogP) is 1.60. The van der Waals surface area contributed by atoms with Gasteiger partial charge in [-0.05, 0) is 23.6 Å². The zero-order valence-electron chi connectivity index (χ0n) is 12.8. The number of hydrogen-bond donors (Lipinski definition) is 2. The number of ether oxygens (including phenoxy) is 2. The van der Waals surface area contributed by atoms with Crippen LogP contribution in [0.1, 0.15) is 17.5 Å². The highest BCUT2D eigenvalue weighted by Gasteiger charge is 2.25. The lowest BCUT2D eigenvalue weighted by molar-refractivity contribution is -0.152. The summed E-state index contributed by atoms with van der Waals surface area (Å²) in [5.41, 5.74) is 1.88. The zero-order chi connectivity index (χ0) is 17.0. The van der Waals surface area contributed by atoms with E-state index in [1.54, 1.807) is 12.3 Å². The molecule has 0 saturated carbocycles. The van der Waals surface area contributed by atoms with Crippen LogP contribution in [0.5, 0.6) is 0 Å². The Morgan fingerprint density at radius 2 is 2.13 bits per heavy atom. The van der Waals surface area contributed by atoms with Crippen LogP contribution >= 0.6 is 11.6 Å². The number of fused-ring (bicyclic) bond motifs is 1. The minimum atomic E-state index is -0.724. The quantitative estimate of drug-likeness (QED) is 0.774. The van der Waals surface area contributed by atoms with Gasteiger partial charge in [-0.3, -0.25) is 14.7 Å². The molecule has 1 atom stereocenters. The molecule has 0 saturated heterocycles. The van der Waals surface area contributed by atoms with Crippen molar-refractivity contribution in [2.75, 3.05) is 14.2 Å². The Bertz CT molecular complexity index is 728. The number of esters is 2. The Labute approximate surface area is 137 Å². The standard InChI is InChI=1S/C15H17ClN2O5/c1-22-13(20)5-9(15(21)23-2)3-8-4-12(16)14-10(6-17-18-14)11(8)7-19/h4,6,9,19H,3,5,7H2,1-2H3,(H,17,18)/t9-/m0/s1. The van der Waals surface area contributed by atoms with Crippen molar-refractivity contribution >= 4 is 34.4 Å². The van der Waals surface area contributed by atoms with E-state index in [1.165, 1.54) is 14.2 Å². The minimum Gasteiger partial charge on any atom is -0.469 e. The fraction of sp³-hybridized carbons (Fsp3) is 0.400. The first-order chi connectivity index (χ1) is 11.0. The summed E-state index contributed by atoms with van der Waals surface area (Å²) in [4.78, 5) is 23.4. The maximum atomic E-state index is 11.9. The van der Waals surface area contributed by atoms with Gasteiger partial charge in [-0.2, -0.15) is 5.10 Å². The number of aromatic nitrogens is 2. The topological polar surface area (TPSA) is 102 Å². The molecule has 8 heteroatoms. The molecule has 0 amide bonds. The second-order valence-electron chi connectivity index (χ2n) is 5.02. The number of hydrogen-bond acceptors (Lipinski definition) is 6. The van der Waals surface area contributed by atoms with Crippen molar-refractivity contribution in [1.29, 1.82) is 0 Å². The third-order valence-electron chi connectivity index (χ3n) is 3.69. The van der Waals surface area contributed by atoms with E-state index in [-0.39, 0.29) is 19.4 Å². The molecule has 2 N–H and O–H groups in total. The third kappa shape index (κ3) is 3.62. The monoisotopic (exact) mass is 340 g/mol. The van der Waals surface area contributed by atoms with E-state index in [4.69, 9.17) is 16.3 Å². The smallest absolute Gasteiger partial charge is 0.309 e. The van der Waals surface area contributed by atoms with Gasteiger partial charge < -0.3 is 14.6 Å². The molecule has 0 unspecified atom stereocenters. The molecule has 0 aliphatic carbocycles. The summed E-state index contributed by atoms with van der Waals surface area (Å²) < 4.78 is 9.36. The van der Waals surface area contributed by atoms with E-state index < -0.39 is 17.9 Å². The number of aliphatic hydroxyl groups excluding tert-OH is 1. The van der Waals surface area contributed by atoms with Gasteiger partial charge in [0.1, 0.15) is 0 Å². The molecule has 0 aliphatic heterocycles. The number of benzene rings is 1. The van der Waals surface area contributed by atoms with Gasteiger partial charge in [-0.15, -0.1) is 0 Å². The number of nitrogens with one attached hydrogen (secondary N) is 1. The van der Waals surface area contributed by atoms with Gasteiger partial charge in [0.15, 0.2) is 0 Å². The van der Waals surface area contributed by atoms with Crippen LogP contribution in [0.4, 0.5) is 0 Å². The Kier molecular flexibility index (Phi) is 5.57. The second-order valence-corrected chi connectivity index (χ2v) is 5.42. The van der Waals surface area contributed by atoms with E-state index in [0.29, 0.717) is 27.1 Å². The number of H-pyrrole nitrogens is 1. The molecule has 7 nitrogen and oxygen atoms in total. The van der Waals surface area contributed by atoms with Crippen molar-refractivity contribution in [2.24, 2.45) is 5.92 Å². The van der Waals surface area contributed by atoms with Crippen molar-refractivity contribution in [1.82, 2.24) is 10.2 Å². The molecule has 0 aliphatic rings. The molecular formula is C15H17ClN2O5. The first-order valence-electron chi connectivity index (χ1n) is 6.90. The van der Waals surface area contributed by atoms with Crippen LogP contribution in [0.2, 0.25) is 5.02 Å². The Morgan fingerprint density at radius 3 is 2.74 bits per heavy atom. The van der Waals surface area contributed by atoms with Gasteiger partial charge in [-0.25, -0.2) is 0 Å². The van der Waals surface area contributed by atoms with Gasteiger partial charge in [0, 0.05) is 5.39 Å². The van der Waals surface area contributed by atoms with E-state index in [1.807, 2.05) is 0 Å². The highest BCUT2D eigenvalue weighted by atomic mass is 35.5. The van der Waals surface area contributed by atoms with Crippen LogP contribution in [0.25, 0.3) is 10.9 Å². The summed E-state index contributed by atoms with van der Waals surface area (Å²) in [6.07, 6.45) is 1.64. The molecule has 2 rings (SSSR count). The van der Waals surface area contributed by atoms with Gasteiger partial charge >= 0.3 is 11.9 Å². The highest BCUT2D eigenvalue weighted by Crippen LogP contribution is 2.30. The van der Waals surface area contributed by atoms with Crippen molar-refractivity contribution in [3.63, 3.8) is 0 Å². The van der Waals surface area contributed by atoms with E-state index in [9.17, 15) is 14.7 Å². The SMILES string of the molecule is COC(=O)C[C@H](Cc1cc(Cl)c2[nH]ncc2c1CO)C(=O)OC. The summed E-state index contributed by atoms with van der Waals surface area (Å²) in [6.45, 7) is -0.241. The van der Waals surface area contributed by atoms with Crippen molar-refractivity contribution < 1.29 is 24.2 Å². The summed E-state index contributed by atoms with van der Waals surface area (Å²) in [5, 5.41) is 17.4. The van der Waals surface area contributed by atoms with Crippen molar-refractivity contribution in [3.05, 3.63) is 28.4 Å². The number of aromatic amines is 1. The molecule has 0 bridgehead atoms. The number of rotatable bonds is 6.